The molecule has 6 nitrogen and oxygen atoms in total. The van der Waals surface area contributed by atoms with E-state index in [1.54, 1.807) is 0 Å². The normalized spacial score (nSPS) is 16.1. The zero-order chi connectivity index (χ0) is 20.8. The number of aromatic nitrogens is 2. The van der Waals surface area contributed by atoms with Crippen LogP contribution < -0.4 is 10.2 Å². The van der Waals surface area contributed by atoms with Gasteiger partial charge in [0.25, 0.3) is 0 Å². The average molecular weight is 396 g/mol. The van der Waals surface area contributed by atoms with Crippen LogP contribution in [0.3, 0.4) is 0 Å². The topological polar surface area (TPSA) is 61.4 Å². The summed E-state index contributed by atoms with van der Waals surface area (Å²) in [5, 5.41) is 3.10. The summed E-state index contributed by atoms with van der Waals surface area (Å²) in [5.41, 5.74) is 2.15. The Balaban J connectivity index is 1.45. The summed E-state index contributed by atoms with van der Waals surface area (Å²) in [6, 6.07) is 12.2. The summed E-state index contributed by atoms with van der Waals surface area (Å²) in [6.07, 6.45) is 0.529. The molecule has 1 aliphatic rings. The molecule has 0 saturated carbocycles. The second-order valence-corrected chi connectivity index (χ2v) is 8.16. The van der Waals surface area contributed by atoms with Crippen LogP contribution >= 0.6 is 0 Å². The lowest BCUT2D eigenvalue weighted by Crippen LogP contribution is -2.47. The number of amides is 1. The highest BCUT2D eigenvalue weighted by Crippen LogP contribution is 2.19. The molecule has 156 valence electrons. The van der Waals surface area contributed by atoms with Gasteiger partial charge >= 0.3 is 0 Å². The number of carbonyl (C=O) groups is 1. The van der Waals surface area contributed by atoms with Gasteiger partial charge in [0.1, 0.15) is 11.6 Å². The van der Waals surface area contributed by atoms with Crippen molar-refractivity contribution >= 4 is 11.7 Å². The lowest BCUT2D eigenvalue weighted by atomic mass is 10.1. The number of rotatable bonds is 7. The van der Waals surface area contributed by atoms with E-state index in [1.165, 1.54) is 0 Å². The molecular weight excluding hydrogens is 362 g/mol. The number of aryl methyl sites for hydroxylation is 1. The van der Waals surface area contributed by atoms with Gasteiger partial charge in [-0.15, -0.1) is 0 Å². The Labute approximate surface area is 174 Å². The monoisotopic (exact) mass is 395 g/mol. The Morgan fingerprint density at radius 3 is 2.41 bits per heavy atom. The van der Waals surface area contributed by atoms with Gasteiger partial charge < -0.3 is 10.2 Å². The average Bonchev–Trinajstić information content (AvgIpc) is 2.72. The molecule has 0 bridgehead atoms. The van der Waals surface area contributed by atoms with Crippen LogP contribution in [0.1, 0.15) is 56.2 Å². The molecular formula is C23H33N5O. The van der Waals surface area contributed by atoms with Crippen molar-refractivity contribution in [3.63, 3.8) is 0 Å². The molecule has 0 aliphatic carbocycles. The molecule has 1 fully saturated rings. The van der Waals surface area contributed by atoms with Crippen LogP contribution in [0.15, 0.2) is 36.4 Å². The summed E-state index contributed by atoms with van der Waals surface area (Å²) in [6.45, 7) is 12.8. The van der Waals surface area contributed by atoms with Crippen LogP contribution in [0.2, 0.25) is 0 Å². The maximum absolute atomic E-state index is 12.3. The van der Waals surface area contributed by atoms with Crippen LogP contribution in [-0.4, -0.2) is 53.5 Å². The van der Waals surface area contributed by atoms with Crippen molar-refractivity contribution in [1.29, 1.82) is 0 Å². The Morgan fingerprint density at radius 2 is 1.76 bits per heavy atom. The summed E-state index contributed by atoms with van der Waals surface area (Å²) in [7, 11) is 0. The van der Waals surface area contributed by atoms with Crippen molar-refractivity contribution < 1.29 is 4.79 Å². The lowest BCUT2D eigenvalue weighted by Gasteiger charge is -2.35. The van der Waals surface area contributed by atoms with E-state index in [0.717, 1.165) is 55.6 Å². The first-order valence-electron chi connectivity index (χ1n) is 10.6. The molecule has 2 heterocycles. The van der Waals surface area contributed by atoms with E-state index in [2.05, 4.69) is 40.0 Å². The van der Waals surface area contributed by atoms with E-state index in [-0.39, 0.29) is 11.9 Å². The molecule has 1 aromatic heterocycles. The fraction of sp³-hybridized carbons (Fsp3) is 0.522. The Kier molecular flexibility index (Phi) is 7.20. The van der Waals surface area contributed by atoms with Gasteiger partial charge in [-0.05, 0) is 19.4 Å². The Bertz CT molecular complexity index is 800. The van der Waals surface area contributed by atoms with Crippen LogP contribution in [0.25, 0.3) is 0 Å². The Morgan fingerprint density at radius 1 is 1.07 bits per heavy atom. The molecule has 1 N–H and O–H groups in total. The first-order chi connectivity index (χ1) is 13.9. The number of hydrogen-bond donors (Lipinski definition) is 1. The number of anilines is 1. The molecule has 3 rings (SSSR count). The standard InChI is InChI=1S/C23H33N5O/c1-17(2)23-24-18(3)16-21(26-23)28-14-12-27(13-15-28)11-10-22(29)25-19(4)20-8-6-5-7-9-20/h5-9,16-17,19H,10-15H2,1-4H3,(H,25,29). The van der Waals surface area contributed by atoms with Gasteiger partial charge in [-0.25, -0.2) is 9.97 Å². The minimum Gasteiger partial charge on any atom is -0.354 e. The van der Waals surface area contributed by atoms with E-state index in [1.807, 2.05) is 44.2 Å². The van der Waals surface area contributed by atoms with Gasteiger partial charge in [-0.2, -0.15) is 0 Å². The van der Waals surface area contributed by atoms with Gasteiger partial charge in [0.2, 0.25) is 5.91 Å². The lowest BCUT2D eigenvalue weighted by molar-refractivity contribution is -0.122. The molecule has 0 radical (unpaired) electrons. The van der Waals surface area contributed by atoms with Crippen LogP contribution in [0.4, 0.5) is 5.82 Å². The van der Waals surface area contributed by atoms with E-state index in [9.17, 15) is 4.79 Å². The highest BCUT2D eigenvalue weighted by molar-refractivity contribution is 5.76. The molecule has 6 heteroatoms. The molecule has 29 heavy (non-hydrogen) atoms. The molecule has 1 amide bonds. The van der Waals surface area contributed by atoms with Crippen molar-refractivity contribution in [2.75, 3.05) is 37.6 Å². The van der Waals surface area contributed by atoms with E-state index >= 15 is 0 Å². The van der Waals surface area contributed by atoms with Gasteiger partial charge in [-0.1, -0.05) is 44.2 Å². The first kappa shape index (κ1) is 21.2. The number of nitrogens with one attached hydrogen (secondary N) is 1. The number of benzene rings is 1. The highest BCUT2D eigenvalue weighted by Gasteiger charge is 2.20. The largest absolute Gasteiger partial charge is 0.354 e. The maximum Gasteiger partial charge on any atom is 0.221 e. The van der Waals surface area contributed by atoms with Crippen molar-refractivity contribution in [3.8, 4) is 0 Å². The number of piperazine rings is 1. The molecule has 2 aromatic rings. The third kappa shape index (κ3) is 6.00. The maximum atomic E-state index is 12.3. The quantitative estimate of drug-likeness (QED) is 0.779. The zero-order valence-corrected chi connectivity index (χ0v) is 18.1. The molecule has 1 atom stereocenters. The number of hydrogen-bond acceptors (Lipinski definition) is 5. The predicted octanol–water partition coefficient (Wildman–Crippen LogP) is 3.30. The fourth-order valence-electron chi connectivity index (χ4n) is 3.59. The van der Waals surface area contributed by atoms with Crippen molar-refractivity contribution in [2.24, 2.45) is 0 Å². The van der Waals surface area contributed by atoms with Crippen LogP contribution in [0.5, 0.6) is 0 Å². The van der Waals surface area contributed by atoms with Crippen molar-refractivity contribution in [3.05, 3.63) is 53.5 Å². The fourth-order valence-corrected chi connectivity index (χ4v) is 3.59. The molecule has 1 saturated heterocycles. The summed E-state index contributed by atoms with van der Waals surface area (Å²) in [4.78, 5) is 26.3. The van der Waals surface area contributed by atoms with Crippen LogP contribution in [0, 0.1) is 6.92 Å². The van der Waals surface area contributed by atoms with Crippen molar-refractivity contribution in [1.82, 2.24) is 20.2 Å². The van der Waals surface area contributed by atoms with Gasteiger partial charge in [0.05, 0.1) is 6.04 Å². The van der Waals surface area contributed by atoms with E-state index in [0.29, 0.717) is 12.3 Å². The second-order valence-electron chi connectivity index (χ2n) is 8.16. The third-order valence-corrected chi connectivity index (χ3v) is 5.40. The first-order valence-corrected chi connectivity index (χ1v) is 10.6. The van der Waals surface area contributed by atoms with Crippen LogP contribution in [-0.2, 0) is 4.79 Å². The minimum absolute atomic E-state index is 0.0386. The summed E-state index contributed by atoms with van der Waals surface area (Å²) in [5.74, 6) is 2.37. The molecule has 1 aromatic carbocycles. The second kappa shape index (κ2) is 9.83. The zero-order valence-electron chi connectivity index (χ0n) is 18.1. The molecule has 1 unspecified atom stereocenters. The van der Waals surface area contributed by atoms with E-state index < -0.39 is 0 Å². The number of carbonyl (C=O) groups excluding carboxylic acids is 1. The van der Waals surface area contributed by atoms with Crippen molar-refractivity contribution in [2.45, 2.75) is 46.1 Å². The number of nitrogens with zero attached hydrogens (tertiary/aromatic N) is 4. The highest BCUT2D eigenvalue weighted by atomic mass is 16.1. The summed E-state index contributed by atoms with van der Waals surface area (Å²) < 4.78 is 0. The van der Waals surface area contributed by atoms with Gasteiger partial charge in [0.15, 0.2) is 0 Å². The molecule has 0 spiro atoms. The van der Waals surface area contributed by atoms with E-state index in [4.69, 9.17) is 4.98 Å². The Hall–Kier alpha value is -2.47. The molecule has 1 aliphatic heterocycles. The smallest absolute Gasteiger partial charge is 0.221 e. The third-order valence-electron chi connectivity index (χ3n) is 5.40. The summed E-state index contributed by atoms with van der Waals surface area (Å²) >= 11 is 0. The SMILES string of the molecule is Cc1cc(N2CCN(CCC(=O)NC(C)c3ccccc3)CC2)nc(C(C)C)n1. The van der Waals surface area contributed by atoms with Gasteiger partial charge in [0, 0.05) is 56.8 Å². The van der Waals surface area contributed by atoms with Gasteiger partial charge in [-0.3, -0.25) is 9.69 Å². The predicted molar refractivity (Wildman–Crippen MR) is 117 cm³/mol. The minimum atomic E-state index is 0.0386.